The fourth-order valence-electron chi connectivity index (χ4n) is 1.70. The second-order valence-corrected chi connectivity index (χ2v) is 6.33. The highest BCUT2D eigenvalue weighted by Gasteiger charge is 2.17. The summed E-state index contributed by atoms with van der Waals surface area (Å²) in [5, 5.41) is 3.59. The molecule has 0 aliphatic rings. The maximum absolute atomic E-state index is 3.59. The minimum atomic E-state index is 0.254. The Morgan fingerprint density at radius 3 is 1.93 bits per heavy atom. The van der Waals surface area contributed by atoms with Crippen LogP contribution >= 0.6 is 0 Å². The molecule has 1 heteroatoms. The van der Waals surface area contributed by atoms with Crippen LogP contribution in [0.25, 0.3) is 0 Å². The van der Waals surface area contributed by atoms with Crippen molar-refractivity contribution in [2.24, 2.45) is 17.8 Å². The first-order valence-electron chi connectivity index (χ1n) is 6.51. The molecule has 0 heterocycles. The average molecular weight is 213 g/mol. The van der Waals surface area contributed by atoms with E-state index in [4.69, 9.17) is 0 Å². The zero-order chi connectivity index (χ0) is 12.1. The van der Waals surface area contributed by atoms with E-state index in [9.17, 15) is 0 Å². The quantitative estimate of drug-likeness (QED) is 0.701. The average Bonchev–Trinajstić information content (AvgIpc) is 2.12. The molecule has 0 saturated heterocycles. The van der Waals surface area contributed by atoms with Crippen LogP contribution in [0.1, 0.15) is 61.3 Å². The highest BCUT2D eigenvalue weighted by Crippen LogP contribution is 2.21. The summed E-state index contributed by atoms with van der Waals surface area (Å²) in [4.78, 5) is 0. The molecule has 1 nitrogen and oxygen atoms in total. The van der Waals surface area contributed by atoms with Crippen molar-refractivity contribution in [2.45, 2.75) is 66.8 Å². The van der Waals surface area contributed by atoms with Gasteiger partial charge in [0.2, 0.25) is 0 Å². The zero-order valence-electron chi connectivity index (χ0n) is 11.9. The summed E-state index contributed by atoms with van der Waals surface area (Å²) in [7, 11) is 0. The van der Waals surface area contributed by atoms with Crippen LogP contribution in [0, 0.1) is 17.8 Å². The first-order valence-corrected chi connectivity index (χ1v) is 6.51. The van der Waals surface area contributed by atoms with Crippen molar-refractivity contribution in [1.29, 1.82) is 0 Å². The number of rotatable bonds is 6. The lowest BCUT2D eigenvalue weighted by molar-refractivity contribution is 0.277. The summed E-state index contributed by atoms with van der Waals surface area (Å²) in [6.45, 7) is 17.3. The first-order chi connectivity index (χ1) is 6.76. The second kappa shape index (κ2) is 6.52. The lowest BCUT2D eigenvalue weighted by Gasteiger charge is -2.27. The van der Waals surface area contributed by atoms with Crippen molar-refractivity contribution >= 4 is 0 Å². The molecule has 15 heavy (non-hydrogen) atoms. The van der Waals surface area contributed by atoms with E-state index in [1.807, 2.05) is 0 Å². The van der Waals surface area contributed by atoms with Gasteiger partial charge in [0.25, 0.3) is 0 Å². The van der Waals surface area contributed by atoms with Gasteiger partial charge in [-0.3, -0.25) is 0 Å². The number of nitrogens with one attached hydrogen (secondary N) is 1. The van der Waals surface area contributed by atoms with Crippen molar-refractivity contribution in [3.8, 4) is 0 Å². The molecule has 0 aromatic carbocycles. The largest absolute Gasteiger partial charge is 0.312 e. The van der Waals surface area contributed by atoms with Gasteiger partial charge in [-0.15, -0.1) is 0 Å². The van der Waals surface area contributed by atoms with Crippen LogP contribution in [0.15, 0.2) is 0 Å². The Labute approximate surface area is 97.0 Å². The van der Waals surface area contributed by atoms with Gasteiger partial charge in [-0.2, -0.15) is 0 Å². The molecular formula is C14H31N. The Balaban J connectivity index is 3.83. The van der Waals surface area contributed by atoms with E-state index >= 15 is 0 Å². The van der Waals surface area contributed by atoms with Crippen molar-refractivity contribution in [3.05, 3.63) is 0 Å². The van der Waals surface area contributed by atoms with Crippen LogP contribution in [-0.2, 0) is 0 Å². The van der Waals surface area contributed by atoms with Crippen LogP contribution < -0.4 is 5.32 Å². The van der Waals surface area contributed by atoms with Crippen LogP contribution in [0.5, 0.6) is 0 Å². The highest BCUT2D eigenvalue weighted by atomic mass is 14.9. The Morgan fingerprint density at radius 1 is 1.00 bits per heavy atom. The van der Waals surface area contributed by atoms with Gasteiger partial charge in [-0.1, -0.05) is 34.1 Å². The summed E-state index contributed by atoms with van der Waals surface area (Å²) in [6, 6.07) is 0. The minimum absolute atomic E-state index is 0.254. The van der Waals surface area contributed by atoms with Gasteiger partial charge in [0.1, 0.15) is 0 Å². The fraction of sp³-hybridized carbons (Fsp3) is 1.00. The molecule has 0 spiro atoms. The molecule has 92 valence electrons. The summed E-state index contributed by atoms with van der Waals surface area (Å²) in [5.41, 5.74) is 0.254. The molecule has 0 fully saturated rings. The molecule has 3 atom stereocenters. The Bertz CT molecular complexity index is 157. The third-order valence-corrected chi connectivity index (χ3v) is 3.40. The van der Waals surface area contributed by atoms with E-state index in [0.717, 1.165) is 24.3 Å². The van der Waals surface area contributed by atoms with Crippen molar-refractivity contribution in [2.75, 3.05) is 6.54 Å². The number of hydrogen-bond donors (Lipinski definition) is 1. The van der Waals surface area contributed by atoms with Gasteiger partial charge in [0.05, 0.1) is 0 Å². The van der Waals surface area contributed by atoms with Crippen LogP contribution in [0.3, 0.4) is 0 Å². The van der Waals surface area contributed by atoms with E-state index in [2.05, 4.69) is 53.8 Å². The van der Waals surface area contributed by atoms with Gasteiger partial charge >= 0.3 is 0 Å². The lowest BCUT2D eigenvalue weighted by Crippen LogP contribution is -2.39. The van der Waals surface area contributed by atoms with E-state index in [1.165, 1.54) is 12.8 Å². The monoisotopic (exact) mass is 213 g/mol. The van der Waals surface area contributed by atoms with E-state index in [-0.39, 0.29) is 5.54 Å². The normalized spacial score (nSPS) is 18.6. The minimum Gasteiger partial charge on any atom is -0.312 e. The van der Waals surface area contributed by atoms with Crippen LogP contribution in [-0.4, -0.2) is 12.1 Å². The summed E-state index contributed by atoms with van der Waals surface area (Å²) in [6.07, 6.45) is 2.67. The Kier molecular flexibility index (Phi) is 6.51. The van der Waals surface area contributed by atoms with E-state index in [0.29, 0.717) is 0 Å². The first kappa shape index (κ1) is 15.0. The van der Waals surface area contributed by atoms with Crippen molar-refractivity contribution in [1.82, 2.24) is 5.32 Å². The predicted octanol–water partition coefficient (Wildman–Crippen LogP) is 4.08. The third-order valence-electron chi connectivity index (χ3n) is 3.40. The molecule has 0 radical (unpaired) electrons. The molecule has 0 saturated carbocycles. The fourth-order valence-corrected chi connectivity index (χ4v) is 1.70. The second-order valence-electron chi connectivity index (χ2n) is 6.33. The highest BCUT2D eigenvalue weighted by molar-refractivity contribution is 4.74. The summed E-state index contributed by atoms with van der Waals surface area (Å²) < 4.78 is 0. The topological polar surface area (TPSA) is 12.0 Å². The van der Waals surface area contributed by atoms with E-state index < -0.39 is 0 Å². The molecule has 0 aromatic heterocycles. The molecular weight excluding hydrogens is 182 g/mol. The standard InChI is InChI=1S/C14H31N/c1-8-11(2)9-12(3)13(4)10-15-14(5,6)7/h11-13,15H,8-10H2,1-7H3. The summed E-state index contributed by atoms with van der Waals surface area (Å²) >= 11 is 0. The van der Waals surface area contributed by atoms with Gasteiger partial charge in [0, 0.05) is 5.54 Å². The van der Waals surface area contributed by atoms with Gasteiger partial charge < -0.3 is 5.32 Å². The van der Waals surface area contributed by atoms with Crippen LogP contribution in [0.4, 0.5) is 0 Å². The number of hydrogen-bond acceptors (Lipinski definition) is 1. The van der Waals surface area contributed by atoms with Crippen molar-refractivity contribution < 1.29 is 0 Å². The van der Waals surface area contributed by atoms with Crippen LogP contribution in [0.2, 0.25) is 0 Å². The Hall–Kier alpha value is -0.0400. The molecule has 0 amide bonds. The molecule has 0 aliphatic carbocycles. The van der Waals surface area contributed by atoms with Gasteiger partial charge in [0.15, 0.2) is 0 Å². The van der Waals surface area contributed by atoms with Gasteiger partial charge in [-0.25, -0.2) is 0 Å². The Morgan fingerprint density at radius 2 is 1.53 bits per heavy atom. The molecule has 0 aliphatic heterocycles. The van der Waals surface area contributed by atoms with E-state index in [1.54, 1.807) is 0 Å². The zero-order valence-corrected chi connectivity index (χ0v) is 11.9. The molecule has 1 N–H and O–H groups in total. The predicted molar refractivity (Wildman–Crippen MR) is 70.2 cm³/mol. The molecule has 0 aromatic rings. The molecule has 0 rings (SSSR count). The molecule has 3 unspecified atom stereocenters. The van der Waals surface area contributed by atoms with Gasteiger partial charge in [-0.05, 0) is 51.5 Å². The SMILES string of the molecule is CCC(C)CC(C)C(C)CNC(C)(C)C. The summed E-state index contributed by atoms with van der Waals surface area (Å²) in [5.74, 6) is 2.48. The maximum Gasteiger partial charge on any atom is 0.00966 e. The van der Waals surface area contributed by atoms with Crippen molar-refractivity contribution in [3.63, 3.8) is 0 Å². The molecule has 0 bridgehead atoms. The lowest BCUT2D eigenvalue weighted by atomic mass is 9.86. The smallest absolute Gasteiger partial charge is 0.00966 e. The third kappa shape index (κ3) is 7.84. The maximum atomic E-state index is 3.59.